The smallest absolute Gasteiger partial charge is 0.291 e. The number of aromatic nitrogens is 8. The molecule has 0 saturated carbocycles. The van der Waals surface area contributed by atoms with Gasteiger partial charge < -0.3 is 108 Å². The molecule has 0 radical (unpaired) electrons. The van der Waals surface area contributed by atoms with Gasteiger partial charge in [-0.1, -0.05) is 0 Å². The molecule has 101 heavy (non-hydrogen) atoms. The standard InChI is InChI=1S/C68H94N16O17/c1-45-36-47(61-76-51-40-50(93-8)41-54(94-9)59(51)66(90)79-61)37-46(2)60(45)101-35-34-100-33-32-99-31-30-98-29-28-97-27-26-96-25-24-95-23-14-57(86)70-16-11-21-80(3)20-10-15-69-56(85)12-17-72-64(88)53-39-49(43-83(53)6)75-68(92)63-78-55(44-84(63)7)77-58(87)13-18-73-65(89)52-38-48(42-82(52)5)74-67(91)62-71-19-22-81(62)4/h19,22,36-44H,10-18,20-21,23-35H2,1-9H3,(H,69,85)(H,70,86)(H,72,88)(H,73,89)(H,74,91)(H,75,92)(H,77,87)(H,76,79,90). The fraction of sp³-hybridized carbons (Fsp3) is 0.485. The normalized spacial score (nSPS) is 11.2. The Morgan fingerprint density at radius 1 is 0.515 bits per heavy atom. The molecule has 0 fully saturated rings. The lowest BCUT2D eigenvalue weighted by atomic mass is 10.0. The zero-order valence-corrected chi connectivity index (χ0v) is 58.8. The molecule has 33 nitrogen and oxygen atoms in total. The molecule has 0 spiro atoms. The van der Waals surface area contributed by atoms with Crippen LogP contribution in [-0.2, 0) is 71.0 Å². The Morgan fingerprint density at radius 2 is 1.02 bits per heavy atom. The van der Waals surface area contributed by atoms with Crippen molar-refractivity contribution in [3.8, 4) is 28.6 Å². The van der Waals surface area contributed by atoms with Crippen LogP contribution >= 0.6 is 0 Å². The SMILES string of the molecule is COc1cc(OC)c2c(=O)[nH]c(-c3cc(C)c(OCCOCCOCCOCCOCCOCCOCCC(=O)NCCCN(C)CCCNC(=O)CCNC(=O)c4cc(NC(=O)c5nc(NC(=O)CCNC(=O)c6cc(NC(=O)c7nccn7C)cn6C)cn5C)cn4C)c(C)c3)nc2c1. The predicted molar refractivity (Wildman–Crippen MR) is 374 cm³/mol. The van der Waals surface area contributed by atoms with E-state index in [4.69, 9.17) is 47.6 Å². The van der Waals surface area contributed by atoms with Crippen molar-refractivity contribution >= 4 is 69.4 Å². The van der Waals surface area contributed by atoms with Gasteiger partial charge in [-0.05, 0) is 82.2 Å². The molecule has 0 atom stereocenters. The topological polar surface area (TPSA) is 381 Å². The molecule has 0 saturated heterocycles. The highest BCUT2D eigenvalue weighted by molar-refractivity contribution is 6.04. The first-order valence-electron chi connectivity index (χ1n) is 33.1. The molecule has 548 valence electrons. The summed E-state index contributed by atoms with van der Waals surface area (Å²) in [6.07, 6.45) is 9.40. The molecule has 5 heterocycles. The Morgan fingerprint density at radius 3 is 1.53 bits per heavy atom. The molecule has 0 aliphatic carbocycles. The lowest BCUT2D eigenvalue weighted by Gasteiger charge is -2.17. The van der Waals surface area contributed by atoms with Crippen LogP contribution in [0.1, 0.15) is 85.4 Å². The number of nitrogens with one attached hydrogen (secondary N) is 8. The summed E-state index contributed by atoms with van der Waals surface area (Å²) in [7, 11) is 11.6. The van der Waals surface area contributed by atoms with Gasteiger partial charge in [-0.2, -0.15) is 0 Å². The van der Waals surface area contributed by atoms with Crippen LogP contribution in [0.4, 0.5) is 17.2 Å². The summed E-state index contributed by atoms with van der Waals surface area (Å²) in [5, 5.41) is 19.6. The molecule has 5 aromatic heterocycles. The second-order valence-electron chi connectivity index (χ2n) is 23.4. The number of nitrogens with zero attached hydrogens (tertiary/aromatic N) is 8. The number of H-pyrrole nitrogens is 1. The Balaban J connectivity index is 0.608. The van der Waals surface area contributed by atoms with E-state index in [2.05, 4.69) is 57.1 Å². The van der Waals surface area contributed by atoms with Crippen molar-refractivity contribution in [2.75, 3.05) is 162 Å². The lowest BCUT2D eigenvalue weighted by Crippen LogP contribution is -2.33. The van der Waals surface area contributed by atoms with Crippen molar-refractivity contribution in [3.05, 3.63) is 112 Å². The second-order valence-corrected chi connectivity index (χ2v) is 23.4. The summed E-state index contributed by atoms with van der Waals surface area (Å²) in [6.45, 7) is 11.5. The zero-order valence-electron chi connectivity index (χ0n) is 58.8. The number of hydrogen-bond acceptors (Lipinski definition) is 21. The van der Waals surface area contributed by atoms with E-state index in [0.717, 1.165) is 42.0 Å². The highest BCUT2D eigenvalue weighted by Crippen LogP contribution is 2.32. The van der Waals surface area contributed by atoms with Crippen molar-refractivity contribution in [2.45, 2.75) is 46.0 Å². The molecular formula is C68H94N16O17. The van der Waals surface area contributed by atoms with Crippen LogP contribution < -0.4 is 57.0 Å². The van der Waals surface area contributed by atoms with Crippen molar-refractivity contribution in [3.63, 3.8) is 0 Å². The van der Waals surface area contributed by atoms with Crippen LogP contribution in [-0.4, -0.2) is 231 Å². The van der Waals surface area contributed by atoms with Gasteiger partial charge in [0, 0.05) is 122 Å². The maximum Gasteiger partial charge on any atom is 0.291 e. The van der Waals surface area contributed by atoms with Crippen LogP contribution in [0.25, 0.3) is 22.3 Å². The van der Waals surface area contributed by atoms with Gasteiger partial charge in [0.2, 0.25) is 23.5 Å². The number of imidazole rings is 2. The molecule has 7 aromatic rings. The number of anilines is 3. The van der Waals surface area contributed by atoms with E-state index in [1.54, 1.807) is 75.2 Å². The maximum absolute atomic E-state index is 13.2. The highest BCUT2D eigenvalue weighted by Gasteiger charge is 2.22. The zero-order chi connectivity index (χ0) is 72.6. The van der Waals surface area contributed by atoms with Crippen LogP contribution in [0, 0.1) is 13.8 Å². The molecule has 7 amide bonds. The average Bonchev–Trinajstić information content (AvgIpc) is 1.71. The van der Waals surface area contributed by atoms with Crippen molar-refractivity contribution in [1.82, 2.24) is 64.4 Å². The Labute approximate surface area is 584 Å². The third kappa shape index (κ3) is 25.3. The molecular weight excluding hydrogens is 1310 g/mol. The number of hydrogen-bond donors (Lipinski definition) is 8. The monoisotopic (exact) mass is 1410 g/mol. The Bertz CT molecular complexity index is 3930. The number of amides is 7. The molecule has 2 aromatic carbocycles. The summed E-state index contributed by atoms with van der Waals surface area (Å²) in [5.74, 6) is -0.338. The van der Waals surface area contributed by atoms with Gasteiger partial charge in [0.25, 0.3) is 29.2 Å². The number of carbonyl (C=O) groups is 7. The lowest BCUT2D eigenvalue weighted by molar-refractivity contribution is -0.122. The van der Waals surface area contributed by atoms with Gasteiger partial charge in [0.05, 0.1) is 110 Å². The molecule has 0 unspecified atom stereocenters. The third-order valence-corrected chi connectivity index (χ3v) is 15.5. The van der Waals surface area contributed by atoms with Crippen molar-refractivity contribution in [2.24, 2.45) is 28.2 Å². The number of aromatic amines is 1. The second kappa shape index (κ2) is 40.9. The number of ether oxygens (including phenoxy) is 9. The number of benzene rings is 2. The number of aryl methyl sites for hydroxylation is 6. The van der Waals surface area contributed by atoms with Gasteiger partial charge in [0.1, 0.15) is 46.5 Å². The van der Waals surface area contributed by atoms with E-state index in [0.29, 0.717) is 138 Å². The number of methoxy groups -OCH3 is 2. The summed E-state index contributed by atoms with van der Waals surface area (Å²) in [5.41, 5.74) is 3.89. The minimum absolute atomic E-state index is 0.0104. The average molecular weight is 1410 g/mol. The third-order valence-electron chi connectivity index (χ3n) is 15.5. The number of carbonyl (C=O) groups excluding carboxylic acids is 7. The molecule has 7 rings (SSSR count). The first-order chi connectivity index (χ1) is 48.7. The van der Waals surface area contributed by atoms with Gasteiger partial charge in [-0.25, -0.2) is 15.0 Å². The maximum atomic E-state index is 13.2. The number of fused-ring (bicyclic) bond motifs is 1. The molecule has 8 N–H and O–H groups in total. The van der Waals surface area contributed by atoms with E-state index >= 15 is 0 Å². The van der Waals surface area contributed by atoms with Crippen molar-refractivity contribution in [1.29, 1.82) is 0 Å². The Hall–Kier alpha value is -10.0. The van der Waals surface area contributed by atoms with E-state index < -0.39 is 29.5 Å². The summed E-state index contributed by atoms with van der Waals surface area (Å²) < 4.78 is 56.4. The molecule has 0 bridgehead atoms. The van der Waals surface area contributed by atoms with E-state index in [1.165, 1.54) is 40.8 Å². The summed E-state index contributed by atoms with van der Waals surface area (Å²) in [4.78, 5) is 120. The molecule has 0 aliphatic rings. The van der Waals surface area contributed by atoms with Gasteiger partial charge in [-0.15, -0.1) is 0 Å². The highest BCUT2D eigenvalue weighted by atomic mass is 16.6. The van der Waals surface area contributed by atoms with E-state index in [9.17, 15) is 38.4 Å². The fourth-order valence-electron chi connectivity index (χ4n) is 10.3. The predicted octanol–water partition coefficient (Wildman–Crippen LogP) is 3.26. The van der Waals surface area contributed by atoms with Crippen LogP contribution in [0.15, 0.2) is 72.2 Å². The molecule has 33 heteroatoms. The van der Waals surface area contributed by atoms with Gasteiger partial charge in [-0.3, -0.25) is 38.4 Å². The van der Waals surface area contributed by atoms with E-state index in [-0.39, 0.29) is 85.2 Å². The fourth-order valence-corrected chi connectivity index (χ4v) is 10.3. The molecule has 0 aliphatic heterocycles. The first-order valence-corrected chi connectivity index (χ1v) is 33.1. The van der Waals surface area contributed by atoms with E-state index in [1.807, 2.05) is 33.0 Å². The van der Waals surface area contributed by atoms with Crippen LogP contribution in [0.2, 0.25) is 0 Å². The minimum atomic E-state index is -0.601. The van der Waals surface area contributed by atoms with Crippen LogP contribution in [0.5, 0.6) is 17.2 Å². The Kier molecular flexibility index (Phi) is 31.7. The largest absolute Gasteiger partial charge is 0.497 e. The van der Waals surface area contributed by atoms with Crippen molar-refractivity contribution < 1.29 is 76.2 Å². The summed E-state index contributed by atoms with van der Waals surface area (Å²) >= 11 is 0. The van der Waals surface area contributed by atoms with Gasteiger partial charge >= 0.3 is 0 Å². The minimum Gasteiger partial charge on any atom is -0.497 e. The van der Waals surface area contributed by atoms with Crippen LogP contribution in [0.3, 0.4) is 0 Å². The first kappa shape index (κ1) is 78.3. The van der Waals surface area contributed by atoms with Gasteiger partial charge in [0.15, 0.2) is 11.6 Å². The quantitative estimate of drug-likeness (QED) is 0.0254. The summed E-state index contributed by atoms with van der Waals surface area (Å²) in [6, 6.07) is 10.2. The number of rotatable bonds is 46.